The van der Waals surface area contributed by atoms with Gasteiger partial charge in [-0.15, -0.1) is 0 Å². The Morgan fingerprint density at radius 1 is 1.03 bits per heavy atom. The Hall–Kier alpha value is -4.91. The van der Waals surface area contributed by atoms with E-state index in [1.54, 1.807) is 64.1 Å². The fraction of sp³-hybridized carbons (Fsp3) is 0.143. The van der Waals surface area contributed by atoms with Gasteiger partial charge in [-0.05, 0) is 67.3 Å². The molecule has 1 amide bonds. The maximum absolute atomic E-state index is 13.7. The number of aromatic nitrogens is 5. The highest BCUT2D eigenvalue weighted by atomic mass is 19.4. The summed E-state index contributed by atoms with van der Waals surface area (Å²) >= 11 is 0. The van der Waals surface area contributed by atoms with Crippen LogP contribution in [0.2, 0.25) is 0 Å². The van der Waals surface area contributed by atoms with Crippen LogP contribution in [-0.4, -0.2) is 30.1 Å². The smallest absolute Gasteiger partial charge is 0.322 e. The standard InChI is InChI=1S/C28H19F3N6O/c29-28(30,31)21-12-22(14-24(13-21)36-16-25(33-17-36)19-7-8-19)35-27(38)20-4-1-3-18(11-20)6-9-23-15-32-26-5-2-10-34-37(23)26/h1-5,10-17,19H,7-8H2,(H,35,38). The van der Waals surface area contributed by atoms with Gasteiger partial charge in [-0.2, -0.15) is 18.3 Å². The molecular weight excluding hydrogens is 493 g/mol. The maximum atomic E-state index is 13.7. The minimum Gasteiger partial charge on any atom is -0.322 e. The summed E-state index contributed by atoms with van der Waals surface area (Å²) < 4.78 is 44.1. The van der Waals surface area contributed by atoms with Gasteiger partial charge in [-0.1, -0.05) is 12.0 Å². The predicted octanol–water partition coefficient (Wildman–Crippen LogP) is 5.46. The molecule has 1 fully saturated rings. The third-order valence-electron chi connectivity index (χ3n) is 6.14. The number of nitrogens with zero attached hydrogens (tertiary/aromatic N) is 5. The van der Waals surface area contributed by atoms with E-state index >= 15 is 0 Å². The first kappa shape index (κ1) is 23.5. The second-order valence-electron chi connectivity index (χ2n) is 8.97. The van der Waals surface area contributed by atoms with Crippen molar-refractivity contribution in [1.29, 1.82) is 0 Å². The van der Waals surface area contributed by atoms with E-state index in [4.69, 9.17) is 0 Å². The number of fused-ring (bicyclic) bond motifs is 1. The van der Waals surface area contributed by atoms with Crippen LogP contribution >= 0.6 is 0 Å². The van der Waals surface area contributed by atoms with Crippen LogP contribution in [0.5, 0.6) is 0 Å². The Labute approximate surface area is 215 Å². The van der Waals surface area contributed by atoms with E-state index < -0.39 is 17.6 Å². The molecule has 1 aliphatic rings. The third kappa shape index (κ3) is 4.86. The molecule has 1 saturated carbocycles. The quantitative estimate of drug-likeness (QED) is 0.324. The highest BCUT2D eigenvalue weighted by molar-refractivity contribution is 6.04. The number of nitrogens with one attached hydrogen (secondary N) is 1. The summed E-state index contributed by atoms with van der Waals surface area (Å²) in [6.07, 6.45) is 3.93. The van der Waals surface area contributed by atoms with Crippen molar-refractivity contribution < 1.29 is 18.0 Å². The molecule has 0 bridgehead atoms. The minimum absolute atomic E-state index is 0.0230. The fourth-order valence-electron chi connectivity index (χ4n) is 4.06. The zero-order valence-corrected chi connectivity index (χ0v) is 19.8. The summed E-state index contributed by atoms with van der Waals surface area (Å²) in [5.41, 5.74) is 2.32. The number of imidazole rings is 2. The lowest BCUT2D eigenvalue weighted by molar-refractivity contribution is -0.137. The fourth-order valence-corrected chi connectivity index (χ4v) is 4.06. The van der Waals surface area contributed by atoms with Crippen LogP contribution in [-0.2, 0) is 6.18 Å². The van der Waals surface area contributed by atoms with Crippen LogP contribution in [0.1, 0.15) is 51.6 Å². The first-order valence-corrected chi connectivity index (χ1v) is 11.8. The zero-order valence-electron chi connectivity index (χ0n) is 19.8. The number of rotatable bonds is 4. The van der Waals surface area contributed by atoms with Crippen LogP contribution in [0.3, 0.4) is 0 Å². The summed E-state index contributed by atoms with van der Waals surface area (Å²) in [5.74, 6) is 5.78. The van der Waals surface area contributed by atoms with E-state index in [1.165, 1.54) is 12.4 Å². The number of benzene rings is 2. The van der Waals surface area contributed by atoms with Gasteiger partial charge in [-0.25, -0.2) is 14.5 Å². The lowest BCUT2D eigenvalue weighted by Crippen LogP contribution is -2.14. The van der Waals surface area contributed by atoms with E-state index in [0.717, 1.165) is 30.7 Å². The minimum atomic E-state index is -4.59. The monoisotopic (exact) mass is 512 g/mol. The van der Waals surface area contributed by atoms with Crippen molar-refractivity contribution in [3.63, 3.8) is 0 Å². The largest absolute Gasteiger partial charge is 0.416 e. The molecule has 0 atom stereocenters. The predicted molar refractivity (Wildman–Crippen MR) is 134 cm³/mol. The van der Waals surface area contributed by atoms with Crippen molar-refractivity contribution in [3.05, 3.63) is 108 Å². The van der Waals surface area contributed by atoms with Gasteiger partial charge in [0, 0.05) is 40.8 Å². The van der Waals surface area contributed by atoms with Crippen molar-refractivity contribution in [2.45, 2.75) is 24.9 Å². The summed E-state index contributed by atoms with van der Waals surface area (Å²) in [6.45, 7) is 0. The van der Waals surface area contributed by atoms with Crippen LogP contribution < -0.4 is 5.32 Å². The summed E-state index contributed by atoms with van der Waals surface area (Å²) in [4.78, 5) is 21.6. The van der Waals surface area contributed by atoms with E-state index in [0.29, 0.717) is 22.8 Å². The molecule has 5 aromatic rings. The Balaban J connectivity index is 1.26. The number of anilines is 1. The third-order valence-corrected chi connectivity index (χ3v) is 6.14. The molecule has 38 heavy (non-hydrogen) atoms. The average Bonchev–Trinajstić information content (AvgIpc) is 3.49. The van der Waals surface area contributed by atoms with Crippen molar-refractivity contribution >= 4 is 17.2 Å². The molecule has 6 rings (SSSR count). The molecule has 0 saturated heterocycles. The van der Waals surface area contributed by atoms with E-state index in [1.807, 2.05) is 0 Å². The van der Waals surface area contributed by atoms with E-state index in [-0.39, 0.29) is 16.9 Å². The first-order chi connectivity index (χ1) is 18.3. The molecule has 7 nitrogen and oxygen atoms in total. The average molecular weight is 512 g/mol. The molecule has 188 valence electrons. The molecule has 3 aromatic heterocycles. The zero-order chi connectivity index (χ0) is 26.3. The summed E-state index contributed by atoms with van der Waals surface area (Å²) in [6, 6.07) is 13.6. The van der Waals surface area contributed by atoms with E-state index in [9.17, 15) is 18.0 Å². The summed E-state index contributed by atoms with van der Waals surface area (Å²) in [5, 5.41) is 6.81. The van der Waals surface area contributed by atoms with Crippen LogP contribution in [0.4, 0.5) is 18.9 Å². The number of halogens is 3. The van der Waals surface area contributed by atoms with Crippen molar-refractivity contribution in [1.82, 2.24) is 24.1 Å². The number of hydrogen-bond donors (Lipinski definition) is 1. The van der Waals surface area contributed by atoms with Gasteiger partial charge in [0.25, 0.3) is 5.91 Å². The maximum Gasteiger partial charge on any atom is 0.416 e. The van der Waals surface area contributed by atoms with Gasteiger partial charge in [0.2, 0.25) is 0 Å². The highest BCUT2D eigenvalue weighted by Gasteiger charge is 2.32. The number of amides is 1. The molecule has 0 radical (unpaired) electrons. The molecule has 0 unspecified atom stereocenters. The lowest BCUT2D eigenvalue weighted by Gasteiger charge is -2.14. The van der Waals surface area contributed by atoms with Gasteiger partial charge in [0.15, 0.2) is 5.65 Å². The first-order valence-electron chi connectivity index (χ1n) is 11.8. The van der Waals surface area contributed by atoms with Crippen molar-refractivity contribution in [3.8, 4) is 17.5 Å². The molecule has 10 heteroatoms. The van der Waals surface area contributed by atoms with Crippen LogP contribution in [0.25, 0.3) is 11.3 Å². The van der Waals surface area contributed by atoms with Gasteiger partial charge >= 0.3 is 6.18 Å². The van der Waals surface area contributed by atoms with Crippen molar-refractivity contribution in [2.24, 2.45) is 0 Å². The molecule has 0 spiro atoms. The topological polar surface area (TPSA) is 77.1 Å². The lowest BCUT2D eigenvalue weighted by atomic mass is 10.1. The molecule has 3 heterocycles. The molecule has 0 aliphatic heterocycles. The van der Waals surface area contributed by atoms with Gasteiger partial charge < -0.3 is 9.88 Å². The second-order valence-corrected chi connectivity index (χ2v) is 8.97. The van der Waals surface area contributed by atoms with E-state index in [2.05, 4.69) is 32.2 Å². The Kier molecular flexibility index (Phi) is 5.68. The summed E-state index contributed by atoms with van der Waals surface area (Å²) in [7, 11) is 0. The number of carbonyl (C=O) groups is 1. The van der Waals surface area contributed by atoms with Gasteiger partial charge in [-0.3, -0.25) is 4.79 Å². The van der Waals surface area contributed by atoms with Crippen LogP contribution in [0.15, 0.2) is 79.5 Å². The number of alkyl halides is 3. The molecular formula is C28H19F3N6O. The Morgan fingerprint density at radius 2 is 1.89 bits per heavy atom. The van der Waals surface area contributed by atoms with Crippen LogP contribution in [0, 0.1) is 11.8 Å². The number of carbonyl (C=O) groups excluding carboxylic acids is 1. The normalized spacial score (nSPS) is 13.2. The molecule has 1 N–H and O–H groups in total. The highest BCUT2D eigenvalue weighted by Crippen LogP contribution is 2.39. The Morgan fingerprint density at radius 3 is 2.71 bits per heavy atom. The molecule has 2 aromatic carbocycles. The van der Waals surface area contributed by atoms with Crippen molar-refractivity contribution in [2.75, 3.05) is 5.32 Å². The van der Waals surface area contributed by atoms with Gasteiger partial charge in [0.05, 0.1) is 23.8 Å². The number of hydrogen-bond acceptors (Lipinski definition) is 4. The SMILES string of the molecule is O=C(Nc1cc(-n2cnc(C3CC3)c2)cc(C(F)(F)F)c1)c1cccc(C#Cc2cnc3cccnn23)c1. The Bertz CT molecular complexity index is 1740. The van der Waals surface area contributed by atoms with Gasteiger partial charge in [0.1, 0.15) is 5.69 Å². The second kappa shape index (κ2) is 9.19. The molecule has 1 aliphatic carbocycles.